The first kappa shape index (κ1) is 20.5. The maximum absolute atomic E-state index is 12.1. The predicted molar refractivity (Wildman–Crippen MR) is 117 cm³/mol. The van der Waals surface area contributed by atoms with Crippen LogP contribution in [0.15, 0.2) is 18.2 Å². The molecule has 1 saturated heterocycles. The quantitative estimate of drug-likeness (QED) is 0.266. The standard InChI is InChI=1S/C20H22ClIO10/c1-9(23)27-8-16-17(28-10(2)24)18(29-11(3)25)19(30-12(4)26)20(32-16)31-15-6-5-13(22)7-14(15)21/h5-7,16-20H,8H2,1-4H3/t16-,17-,18+,19+,20?/m1/s1/i1D,2D,3D,4D. The summed E-state index contributed by atoms with van der Waals surface area (Å²) in [6.07, 6.45) is -7.80. The van der Waals surface area contributed by atoms with Crippen molar-refractivity contribution in [2.75, 3.05) is 6.61 Å². The lowest BCUT2D eigenvalue weighted by atomic mass is 9.98. The van der Waals surface area contributed by atoms with Gasteiger partial charge in [-0.05, 0) is 40.8 Å². The predicted octanol–water partition coefficient (Wildman–Crippen LogP) is 2.41. The Morgan fingerprint density at radius 2 is 1.56 bits per heavy atom. The summed E-state index contributed by atoms with van der Waals surface area (Å²) in [7, 11) is 0. The van der Waals surface area contributed by atoms with E-state index < -0.39 is 88.8 Å². The van der Waals surface area contributed by atoms with E-state index in [4.69, 9.17) is 45.5 Å². The smallest absolute Gasteiger partial charge is 0.303 e. The molecular formula is C20H22ClIO10. The van der Waals surface area contributed by atoms with Crippen LogP contribution in [0.2, 0.25) is 5.02 Å². The average Bonchev–Trinajstić information content (AvgIpc) is 2.86. The Hall–Kier alpha value is -2.12. The zero-order valence-electron chi connectivity index (χ0n) is 20.5. The number of ether oxygens (including phenoxy) is 6. The van der Waals surface area contributed by atoms with E-state index in [9.17, 15) is 19.2 Å². The molecule has 1 fully saturated rings. The third kappa shape index (κ3) is 7.48. The molecule has 176 valence electrons. The minimum atomic E-state index is -1.64. The van der Waals surface area contributed by atoms with Gasteiger partial charge in [-0.3, -0.25) is 19.2 Å². The van der Waals surface area contributed by atoms with Gasteiger partial charge in [0.05, 0.1) is 5.02 Å². The number of hydrogen-bond acceptors (Lipinski definition) is 10. The van der Waals surface area contributed by atoms with Crippen LogP contribution >= 0.6 is 34.2 Å². The SMILES string of the molecule is [2H]CC(=O)OC[C@H]1OC(Oc2ccc(I)cc2Cl)[C@@H](OC(=O)C[2H])[C@@H](OC(=O)C[2H])[C@@H]1OC(=O)C[2H]. The van der Waals surface area contributed by atoms with Crippen LogP contribution in [0.3, 0.4) is 0 Å². The van der Waals surface area contributed by atoms with Gasteiger partial charge < -0.3 is 28.4 Å². The third-order valence-corrected chi connectivity index (χ3v) is 4.91. The topological polar surface area (TPSA) is 124 Å². The number of rotatable bonds is 7. The molecule has 32 heavy (non-hydrogen) atoms. The van der Waals surface area contributed by atoms with Crippen molar-refractivity contribution in [3.63, 3.8) is 0 Å². The summed E-state index contributed by atoms with van der Waals surface area (Å²) < 4.78 is 62.0. The van der Waals surface area contributed by atoms with E-state index >= 15 is 0 Å². The Balaban J connectivity index is 2.53. The molecule has 10 nitrogen and oxygen atoms in total. The number of hydrogen-bond donors (Lipinski definition) is 0. The molecule has 12 heteroatoms. The monoisotopic (exact) mass is 588 g/mol. The molecule has 1 aliphatic rings. The summed E-state index contributed by atoms with van der Waals surface area (Å²) in [5.74, 6) is -4.10. The molecule has 5 atom stereocenters. The first-order chi connectivity index (χ1) is 17.1. The highest BCUT2D eigenvalue weighted by atomic mass is 127. The molecule has 0 amide bonds. The van der Waals surface area contributed by atoms with E-state index in [0.717, 1.165) is 3.57 Å². The highest BCUT2D eigenvalue weighted by molar-refractivity contribution is 14.1. The fourth-order valence-electron chi connectivity index (χ4n) is 2.84. The Bertz CT molecular complexity index is 955. The van der Waals surface area contributed by atoms with Gasteiger partial charge in [-0.25, -0.2) is 0 Å². The van der Waals surface area contributed by atoms with Gasteiger partial charge in [-0.2, -0.15) is 0 Å². The molecule has 2 rings (SSSR count). The molecule has 0 aromatic heterocycles. The molecule has 1 heterocycles. The summed E-state index contributed by atoms with van der Waals surface area (Å²) in [6, 6.07) is 4.71. The molecule has 1 aromatic rings. The molecule has 0 spiro atoms. The second-order valence-corrected chi connectivity index (χ2v) is 7.93. The van der Waals surface area contributed by atoms with Gasteiger partial charge >= 0.3 is 23.9 Å². The Kier molecular flexibility index (Phi) is 7.46. The van der Waals surface area contributed by atoms with Crippen molar-refractivity contribution in [2.45, 2.75) is 58.3 Å². The lowest BCUT2D eigenvalue weighted by molar-refractivity contribution is -0.288. The largest absolute Gasteiger partial charge is 0.463 e. The third-order valence-electron chi connectivity index (χ3n) is 3.94. The lowest BCUT2D eigenvalue weighted by Crippen LogP contribution is -2.63. The van der Waals surface area contributed by atoms with Gasteiger partial charge in [-0.1, -0.05) is 11.6 Å². The van der Waals surface area contributed by atoms with E-state index in [2.05, 4.69) is 0 Å². The highest BCUT2D eigenvalue weighted by Crippen LogP contribution is 2.33. The van der Waals surface area contributed by atoms with Gasteiger partial charge in [0.2, 0.25) is 12.4 Å². The Labute approximate surface area is 208 Å². The van der Waals surface area contributed by atoms with Crippen molar-refractivity contribution in [3.05, 3.63) is 26.8 Å². The van der Waals surface area contributed by atoms with Crippen molar-refractivity contribution in [2.24, 2.45) is 0 Å². The number of esters is 4. The maximum Gasteiger partial charge on any atom is 0.303 e. The van der Waals surface area contributed by atoms with Crippen LogP contribution in [0.1, 0.15) is 33.1 Å². The van der Waals surface area contributed by atoms with Crippen molar-refractivity contribution in [1.29, 1.82) is 0 Å². The van der Waals surface area contributed by atoms with E-state index in [-0.39, 0.29) is 10.8 Å². The second-order valence-electron chi connectivity index (χ2n) is 6.28. The maximum atomic E-state index is 12.1. The summed E-state index contributed by atoms with van der Waals surface area (Å²) in [5, 5.41) is 0.149. The van der Waals surface area contributed by atoms with Gasteiger partial charge in [0.1, 0.15) is 18.5 Å². The molecule has 1 unspecified atom stereocenters. The molecule has 1 aliphatic heterocycles. The number of carbonyl (C=O) groups excluding carboxylic acids is 4. The van der Waals surface area contributed by atoms with Crippen molar-refractivity contribution in [1.82, 2.24) is 0 Å². The number of benzene rings is 1. The summed E-state index contributed by atoms with van der Waals surface area (Å²) >= 11 is 8.25. The van der Waals surface area contributed by atoms with Crippen molar-refractivity contribution < 1.29 is 53.1 Å². The molecule has 0 radical (unpaired) electrons. The summed E-state index contributed by atoms with van der Waals surface area (Å²) in [5.41, 5.74) is 0. The van der Waals surface area contributed by atoms with Crippen LogP contribution in [-0.4, -0.2) is 61.2 Å². The first-order valence-corrected chi connectivity index (χ1v) is 10.3. The molecule has 0 N–H and O–H groups in total. The molecule has 0 aliphatic carbocycles. The average molecular weight is 589 g/mol. The molecule has 0 saturated carbocycles. The minimum Gasteiger partial charge on any atom is -0.463 e. The van der Waals surface area contributed by atoms with Crippen LogP contribution < -0.4 is 4.74 Å². The minimum absolute atomic E-state index is 0.0723. The number of carbonyl (C=O) groups is 4. The molecule has 0 bridgehead atoms. The zero-order chi connectivity index (χ0) is 26.8. The lowest BCUT2D eigenvalue weighted by Gasteiger charge is -2.44. The van der Waals surface area contributed by atoms with Crippen LogP contribution in [0.25, 0.3) is 0 Å². The van der Waals surface area contributed by atoms with Crippen LogP contribution in [0, 0.1) is 3.57 Å². The first-order valence-electron chi connectivity index (χ1n) is 11.6. The van der Waals surface area contributed by atoms with Crippen LogP contribution in [0.5, 0.6) is 5.75 Å². The van der Waals surface area contributed by atoms with E-state index in [1.807, 2.05) is 22.6 Å². The Morgan fingerprint density at radius 1 is 0.969 bits per heavy atom. The van der Waals surface area contributed by atoms with Crippen LogP contribution in [0.4, 0.5) is 0 Å². The van der Waals surface area contributed by atoms with Crippen molar-refractivity contribution >= 4 is 58.1 Å². The highest BCUT2D eigenvalue weighted by Gasteiger charge is 2.53. The van der Waals surface area contributed by atoms with Gasteiger partial charge in [0, 0.05) is 36.7 Å². The Morgan fingerprint density at radius 3 is 2.16 bits per heavy atom. The van der Waals surface area contributed by atoms with E-state index in [1.165, 1.54) is 6.07 Å². The normalized spacial score (nSPS) is 26.4. The number of halogens is 2. The van der Waals surface area contributed by atoms with Gasteiger partial charge in [-0.15, -0.1) is 0 Å². The van der Waals surface area contributed by atoms with E-state index in [1.54, 1.807) is 12.1 Å². The molecule has 1 aromatic carbocycles. The van der Waals surface area contributed by atoms with Crippen LogP contribution in [-0.2, 0) is 42.9 Å². The fraction of sp³-hybridized carbons (Fsp3) is 0.500. The van der Waals surface area contributed by atoms with Crippen molar-refractivity contribution in [3.8, 4) is 5.75 Å². The van der Waals surface area contributed by atoms with Gasteiger partial charge in [0.15, 0.2) is 12.2 Å². The molecular weight excluding hydrogens is 563 g/mol. The fourth-order valence-corrected chi connectivity index (χ4v) is 3.74. The van der Waals surface area contributed by atoms with Gasteiger partial charge in [0.25, 0.3) is 0 Å². The second kappa shape index (κ2) is 11.7. The van der Waals surface area contributed by atoms with E-state index in [0.29, 0.717) is 0 Å². The zero-order valence-corrected chi connectivity index (χ0v) is 19.4. The summed E-state index contributed by atoms with van der Waals surface area (Å²) in [4.78, 5) is 47.7. The summed E-state index contributed by atoms with van der Waals surface area (Å²) in [6.45, 7) is -3.81.